The Hall–Kier alpha value is -5.78. The Morgan fingerprint density at radius 1 is 0.385 bits per heavy atom. The molecule has 8 rings (SSSR count). The van der Waals surface area contributed by atoms with E-state index >= 15 is 0 Å². The second-order valence-electron chi connectivity index (χ2n) is 12.7. The van der Waals surface area contributed by atoms with E-state index in [0.29, 0.717) is 8.73 Å². The van der Waals surface area contributed by atoms with E-state index < -0.39 is 0 Å². The zero-order chi connectivity index (χ0) is 35.1. The number of hydrogen-bond donors (Lipinski definition) is 1. The fourth-order valence-corrected chi connectivity index (χ4v) is 7.85. The summed E-state index contributed by atoms with van der Waals surface area (Å²) < 4.78 is 2.44. The van der Waals surface area contributed by atoms with Crippen molar-refractivity contribution in [2.24, 2.45) is 0 Å². The van der Waals surface area contributed by atoms with Crippen LogP contribution in [0.1, 0.15) is 0 Å². The second kappa shape index (κ2) is 15.6. The molecule has 1 N–H and O–H groups in total. The van der Waals surface area contributed by atoms with Crippen molar-refractivity contribution in [1.29, 1.82) is 0 Å². The highest BCUT2D eigenvalue weighted by Gasteiger charge is 2.16. The molecule has 52 heavy (non-hydrogen) atoms. The van der Waals surface area contributed by atoms with Gasteiger partial charge in [0, 0.05) is 20.1 Å². The number of para-hydroxylation sites is 2. The fraction of sp³-hybridized carbons (Fsp3) is 0. The van der Waals surface area contributed by atoms with Crippen LogP contribution >= 0.6 is 18.0 Å². The summed E-state index contributed by atoms with van der Waals surface area (Å²) in [5, 5.41) is 6.24. The highest BCUT2D eigenvalue weighted by atomic mass is 31.1. The first-order valence-corrected chi connectivity index (χ1v) is 19.0. The lowest BCUT2D eigenvalue weighted by Crippen LogP contribution is -2.13. The smallest absolute Gasteiger partial charge is 0.0684 e. The van der Waals surface area contributed by atoms with E-state index in [4.69, 9.17) is 0 Å². The van der Waals surface area contributed by atoms with E-state index in [1.54, 1.807) is 0 Å². The Kier molecular flexibility index (Phi) is 10.0. The quantitative estimate of drug-likeness (QED) is 0.143. The lowest BCUT2D eigenvalue weighted by Gasteiger charge is -2.28. The van der Waals surface area contributed by atoms with Gasteiger partial charge in [-0.05, 0) is 104 Å². The normalized spacial score (nSPS) is 11.1. The molecule has 8 aromatic carbocycles. The van der Waals surface area contributed by atoms with Crippen molar-refractivity contribution in [3.63, 3.8) is 0 Å². The highest BCUT2D eigenvalue weighted by Crippen LogP contribution is 2.43. The van der Waals surface area contributed by atoms with Gasteiger partial charge in [0.2, 0.25) is 0 Å². The van der Waals surface area contributed by atoms with Crippen LogP contribution < -0.4 is 20.6 Å². The molecule has 0 saturated heterocycles. The molecule has 0 fully saturated rings. The number of nitrogens with one attached hydrogen (secondary N) is 1. The van der Waals surface area contributed by atoms with Crippen molar-refractivity contribution in [1.82, 2.24) is 0 Å². The zero-order valence-electron chi connectivity index (χ0n) is 28.7. The predicted octanol–water partition coefficient (Wildman–Crippen LogP) is 12.7. The summed E-state index contributed by atoms with van der Waals surface area (Å²) in [5.41, 5.74) is 13.9. The van der Waals surface area contributed by atoms with Crippen LogP contribution in [-0.4, -0.2) is 0 Å². The molecule has 0 aliphatic heterocycles. The van der Waals surface area contributed by atoms with Crippen LogP contribution in [0, 0.1) is 0 Å². The third kappa shape index (κ3) is 7.75. The molecule has 0 aliphatic carbocycles. The molecule has 0 saturated carbocycles. The lowest BCUT2D eigenvalue weighted by molar-refractivity contribution is 1.41. The van der Waals surface area contributed by atoms with Gasteiger partial charge in [-0.1, -0.05) is 158 Å². The summed E-state index contributed by atoms with van der Waals surface area (Å²) in [6, 6.07) is 73.8. The van der Waals surface area contributed by atoms with Gasteiger partial charge in [-0.25, -0.2) is 0 Å². The number of benzene rings is 8. The molecule has 4 heteroatoms. The van der Waals surface area contributed by atoms with E-state index in [-0.39, 0.29) is 0 Å². The summed E-state index contributed by atoms with van der Waals surface area (Å²) in [6.07, 6.45) is 0. The van der Waals surface area contributed by atoms with Gasteiger partial charge in [0.15, 0.2) is 0 Å². The molecule has 0 aliphatic rings. The van der Waals surface area contributed by atoms with Crippen LogP contribution in [0.25, 0.3) is 44.5 Å². The van der Waals surface area contributed by atoms with Gasteiger partial charge in [0.1, 0.15) is 0 Å². The minimum absolute atomic E-state index is 0.377. The Balaban J connectivity index is 1.15. The average Bonchev–Trinajstić information content (AvgIpc) is 3.22. The van der Waals surface area contributed by atoms with Gasteiger partial charge < -0.3 is 9.99 Å². The standard InChI is InChI=1S/C48H38N2P2/c51-45-27-29-46(30-28-45)52-50(44-24-12-22-42(34-44)40-20-10-18-38(32-40)36-15-5-2-6-16-36)48-26-8-7-25-47(48)49-43-23-11-21-41(33-43)39-19-9-17-37(31-39)35-13-3-1-4-14-35/h1-34,49,52H,51H2. The van der Waals surface area contributed by atoms with Crippen molar-refractivity contribution < 1.29 is 0 Å². The van der Waals surface area contributed by atoms with Crippen LogP contribution in [0.2, 0.25) is 0 Å². The van der Waals surface area contributed by atoms with E-state index in [0.717, 1.165) is 22.7 Å². The highest BCUT2D eigenvalue weighted by molar-refractivity contribution is 7.49. The number of rotatable bonds is 10. The van der Waals surface area contributed by atoms with Gasteiger partial charge in [-0.2, -0.15) is 0 Å². The second-order valence-corrected chi connectivity index (χ2v) is 14.7. The summed E-state index contributed by atoms with van der Waals surface area (Å²) in [5.74, 6) is 0. The Morgan fingerprint density at radius 3 is 1.46 bits per heavy atom. The molecule has 0 spiro atoms. The molecule has 8 aromatic rings. The molecular formula is C48H38N2P2. The van der Waals surface area contributed by atoms with Gasteiger partial charge in [-0.3, -0.25) is 0 Å². The molecule has 250 valence electrons. The summed E-state index contributed by atoms with van der Waals surface area (Å²) in [6.45, 7) is 0. The molecular weight excluding hydrogens is 666 g/mol. The largest absolute Gasteiger partial charge is 0.354 e. The molecule has 0 heterocycles. The molecule has 0 radical (unpaired) electrons. The van der Waals surface area contributed by atoms with E-state index in [1.807, 2.05) is 0 Å². The SMILES string of the molecule is Pc1ccc(PN(c2cccc(-c3cccc(-c4ccccc4)c3)c2)c2ccccc2Nc2cccc(-c3cccc(-c4ccccc4)c3)c2)cc1. The first-order valence-electron chi connectivity index (χ1n) is 17.5. The summed E-state index contributed by atoms with van der Waals surface area (Å²) in [7, 11) is 3.18. The van der Waals surface area contributed by atoms with Crippen molar-refractivity contribution in [2.75, 3.05) is 9.99 Å². The summed E-state index contributed by atoms with van der Waals surface area (Å²) in [4.78, 5) is 0. The average molecular weight is 705 g/mol. The van der Waals surface area contributed by atoms with Gasteiger partial charge >= 0.3 is 0 Å². The lowest BCUT2D eigenvalue weighted by atomic mass is 9.99. The molecule has 0 aromatic heterocycles. The van der Waals surface area contributed by atoms with Gasteiger partial charge in [0.05, 0.1) is 11.4 Å². The van der Waals surface area contributed by atoms with E-state index in [1.165, 1.54) is 55.1 Å². The summed E-state index contributed by atoms with van der Waals surface area (Å²) >= 11 is 0. The molecule has 2 unspecified atom stereocenters. The van der Waals surface area contributed by atoms with Gasteiger partial charge in [0.25, 0.3) is 0 Å². The third-order valence-electron chi connectivity index (χ3n) is 9.15. The minimum Gasteiger partial charge on any atom is -0.354 e. The maximum atomic E-state index is 3.81. The van der Waals surface area contributed by atoms with Crippen molar-refractivity contribution in [2.45, 2.75) is 0 Å². The Labute approximate surface area is 310 Å². The van der Waals surface area contributed by atoms with E-state index in [2.05, 4.69) is 225 Å². The predicted molar refractivity (Wildman–Crippen MR) is 230 cm³/mol. The Bertz CT molecular complexity index is 2430. The Morgan fingerprint density at radius 2 is 0.846 bits per heavy atom. The topological polar surface area (TPSA) is 15.3 Å². The van der Waals surface area contributed by atoms with Crippen molar-refractivity contribution in [3.05, 3.63) is 206 Å². The molecule has 2 atom stereocenters. The number of hydrogen-bond acceptors (Lipinski definition) is 2. The van der Waals surface area contributed by atoms with Gasteiger partial charge in [-0.15, -0.1) is 9.24 Å². The maximum absolute atomic E-state index is 3.81. The van der Waals surface area contributed by atoms with Crippen LogP contribution in [0.15, 0.2) is 206 Å². The van der Waals surface area contributed by atoms with Crippen molar-refractivity contribution in [3.8, 4) is 44.5 Å². The maximum Gasteiger partial charge on any atom is 0.0684 e. The van der Waals surface area contributed by atoms with Crippen LogP contribution in [0.3, 0.4) is 0 Å². The van der Waals surface area contributed by atoms with Crippen LogP contribution in [0.5, 0.6) is 0 Å². The number of anilines is 4. The van der Waals surface area contributed by atoms with E-state index in [9.17, 15) is 0 Å². The monoisotopic (exact) mass is 704 g/mol. The molecule has 2 nitrogen and oxygen atoms in total. The molecule has 0 bridgehead atoms. The first-order chi connectivity index (χ1) is 25.7. The van der Waals surface area contributed by atoms with Crippen LogP contribution in [-0.2, 0) is 0 Å². The molecule has 0 amide bonds. The minimum atomic E-state index is 0.377. The number of nitrogens with zero attached hydrogens (tertiary/aromatic N) is 1. The first kappa shape index (κ1) is 33.4. The fourth-order valence-electron chi connectivity index (χ4n) is 6.50. The zero-order valence-corrected chi connectivity index (χ0v) is 30.8. The van der Waals surface area contributed by atoms with Crippen LogP contribution in [0.4, 0.5) is 22.7 Å². The van der Waals surface area contributed by atoms with Crippen molar-refractivity contribution >= 4 is 51.3 Å². The third-order valence-corrected chi connectivity index (χ3v) is 10.8.